The van der Waals surface area contributed by atoms with E-state index in [-0.39, 0.29) is 28.1 Å². The van der Waals surface area contributed by atoms with Crippen LogP contribution in [0.2, 0.25) is 0 Å². The van der Waals surface area contributed by atoms with Crippen molar-refractivity contribution in [2.45, 2.75) is 56.1 Å². The van der Waals surface area contributed by atoms with Gasteiger partial charge >= 0.3 is 6.80 Å². The summed E-state index contributed by atoms with van der Waals surface area (Å²) in [4.78, 5) is 35.7. The predicted molar refractivity (Wildman–Crippen MR) is 161 cm³/mol. The van der Waals surface area contributed by atoms with Crippen molar-refractivity contribution < 1.29 is 45.8 Å². The molecule has 7 rings (SSSR count). The first-order valence-corrected chi connectivity index (χ1v) is 18.4. The number of imidazole rings is 2. The van der Waals surface area contributed by atoms with E-state index < -0.39 is 82.2 Å². The molecule has 24 heteroatoms. The number of halogens is 1. The van der Waals surface area contributed by atoms with Gasteiger partial charge in [-0.3, -0.25) is 27.5 Å². The smallest absolute Gasteiger partial charge is 0.382 e. The molecule has 3 aliphatic heterocycles. The largest absolute Gasteiger partial charge is 0.386 e. The highest BCUT2D eigenvalue weighted by molar-refractivity contribution is 8.44. The minimum absolute atomic E-state index is 0.0276. The van der Waals surface area contributed by atoms with E-state index in [9.17, 15) is 13.9 Å². The van der Waals surface area contributed by atoms with Gasteiger partial charge in [-0.05, 0) is 6.92 Å². The summed E-state index contributed by atoms with van der Waals surface area (Å²) >= 11 is 4.09. The molecule has 7 heterocycles. The molecule has 3 fully saturated rings. The summed E-state index contributed by atoms with van der Waals surface area (Å²) in [7, 11) is -1.45. The van der Waals surface area contributed by atoms with Crippen LogP contribution < -0.4 is 11.3 Å². The van der Waals surface area contributed by atoms with E-state index >= 15 is 4.39 Å². The van der Waals surface area contributed by atoms with Gasteiger partial charge in [0.2, 0.25) is 0 Å². The summed E-state index contributed by atoms with van der Waals surface area (Å²) in [6, 6.07) is 0. The van der Waals surface area contributed by atoms with Crippen molar-refractivity contribution in [3.8, 4) is 0 Å². The van der Waals surface area contributed by atoms with Crippen molar-refractivity contribution >= 4 is 62.2 Å². The van der Waals surface area contributed by atoms with E-state index in [1.54, 1.807) is 6.92 Å². The highest BCUT2D eigenvalue weighted by Gasteiger charge is 2.54. The lowest BCUT2D eigenvalue weighted by molar-refractivity contribution is -0.0577. The Morgan fingerprint density at radius 3 is 2.48 bits per heavy atom. The minimum atomic E-state index is -4.33. The average molecular weight is 701 g/mol. The van der Waals surface area contributed by atoms with Gasteiger partial charge in [-0.15, -0.1) is 0 Å². The number of nitrogens with zero attached hydrogens (tertiary/aromatic N) is 7. The maximum atomic E-state index is 16.1. The van der Waals surface area contributed by atoms with E-state index in [0.717, 1.165) is 0 Å². The van der Waals surface area contributed by atoms with Crippen LogP contribution in [0.25, 0.3) is 22.3 Å². The van der Waals surface area contributed by atoms with E-state index in [4.69, 9.17) is 38.0 Å². The van der Waals surface area contributed by atoms with Gasteiger partial charge in [0.05, 0.1) is 25.9 Å². The number of aryl methyl sites for hydroxylation is 1. The Kier molecular flexibility index (Phi) is 8.11. The molecule has 2 bridgehead atoms. The molecule has 0 saturated carbocycles. The first kappa shape index (κ1) is 31.8. The summed E-state index contributed by atoms with van der Waals surface area (Å²) in [6.45, 7) is -3.70. The molecule has 0 spiro atoms. The molecule has 3 saturated heterocycles. The normalized spacial score (nSPS) is 37.1. The van der Waals surface area contributed by atoms with Crippen molar-refractivity contribution in [2.24, 2.45) is 0 Å². The van der Waals surface area contributed by atoms with Crippen LogP contribution in [-0.4, -0.2) is 104 Å². The van der Waals surface area contributed by atoms with Gasteiger partial charge in [0.15, 0.2) is 41.3 Å². The van der Waals surface area contributed by atoms with Gasteiger partial charge in [0, 0.05) is 7.11 Å². The quantitative estimate of drug-likeness (QED) is 0.151. The van der Waals surface area contributed by atoms with Crippen molar-refractivity contribution in [1.82, 2.24) is 39.0 Å². The molecule has 46 heavy (non-hydrogen) atoms. The molecular formula is C22H27BFN9O10P2S. The number of aromatic amines is 1. The fraction of sp³-hybridized carbons (Fsp3) is 0.545. The number of methoxy groups -OCH3 is 1. The lowest BCUT2D eigenvalue weighted by Crippen LogP contribution is -2.37. The second-order valence-electron chi connectivity index (χ2n) is 10.8. The Hall–Kier alpha value is -2.78. The first-order valence-electron chi connectivity index (χ1n) is 13.8. The third kappa shape index (κ3) is 5.59. The van der Waals surface area contributed by atoms with Crippen LogP contribution in [0.15, 0.2) is 23.8 Å². The second-order valence-corrected chi connectivity index (χ2v) is 15.7. The molecule has 19 nitrogen and oxygen atoms in total. The Morgan fingerprint density at radius 2 is 1.72 bits per heavy atom. The van der Waals surface area contributed by atoms with Crippen LogP contribution in [-0.2, 0) is 41.4 Å². The number of nitrogens with two attached hydrogens (primary N) is 1. The molecule has 3 aliphatic rings. The number of rotatable bonds is 3. The molecule has 0 aromatic carbocycles. The molecule has 8 unspecified atom stereocenters. The number of H-pyrrole nitrogens is 1. The van der Waals surface area contributed by atoms with Crippen LogP contribution in [0, 0.1) is 6.92 Å². The SMILES string of the molecule is B[P@@]1(=O)OCC2OC(n3cnc4c(N)ncnc43)C(F)C2O[P@](=O)(S)OCC2OC(n3cnc4c(=O)[nH]c(C)nc43)C(O1)C2OC. The maximum Gasteiger partial charge on any atom is 0.386 e. The van der Waals surface area contributed by atoms with E-state index in [1.807, 2.05) is 0 Å². The summed E-state index contributed by atoms with van der Waals surface area (Å²) < 4.78 is 86.9. The molecule has 246 valence electrons. The number of hydrogen-bond donors (Lipinski definition) is 3. The Balaban J connectivity index is 1.22. The van der Waals surface area contributed by atoms with E-state index in [2.05, 4.69) is 42.2 Å². The van der Waals surface area contributed by atoms with Gasteiger partial charge in [-0.25, -0.2) is 33.9 Å². The zero-order chi connectivity index (χ0) is 32.5. The highest BCUT2D eigenvalue weighted by atomic mass is 32.7. The molecule has 4 aromatic heterocycles. The first-order chi connectivity index (χ1) is 21.9. The number of nitrogens with one attached hydrogen (secondary N) is 1. The van der Waals surface area contributed by atoms with E-state index in [1.165, 1.54) is 42.8 Å². The van der Waals surface area contributed by atoms with Crippen LogP contribution >= 0.6 is 26.5 Å². The Bertz CT molecular complexity index is 1970. The molecule has 0 radical (unpaired) electrons. The van der Waals surface area contributed by atoms with Gasteiger partial charge in [-0.1, -0.05) is 12.2 Å². The zero-order valence-electron chi connectivity index (χ0n) is 24.3. The lowest BCUT2D eigenvalue weighted by atomic mass is 10.1. The van der Waals surface area contributed by atoms with Gasteiger partial charge in [0.1, 0.15) is 48.2 Å². The number of anilines is 1. The van der Waals surface area contributed by atoms with Crippen molar-refractivity contribution in [2.75, 3.05) is 26.1 Å². The van der Waals surface area contributed by atoms with Gasteiger partial charge < -0.3 is 34.0 Å². The molecule has 0 aliphatic carbocycles. The summed E-state index contributed by atoms with van der Waals surface area (Å²) in [5.41, 5.74) is 5.97. The minimum Gasteiger partial charge on any atom is -0.382 e. The summed E-state index contributed by atoms with van der Waals surface area (Å²) in [6.07, 6.45) is -6.72. The maximum absolute atomic E-state index is 16.1. The second kappa shape index (κ2) is 11.7. The number of ether oxygens (including phenoxy) is 3. The number of thiol groups is 1. The highest BCUT2D eigenvalue weighted by Crippen LogP contribution is 2.58. The molecule has 4 aromatic rings. The standard InChI is InChI=1S/C22H27BFN9O10P2S/c1-8-30-19-13(20(34)31-8)29-7-33(19)22-16-15(37-2)10(41-22)4-39-45(36,46)43-14-9(3-38-44(23,35)42-16)40-21(11(14)24)32-6-28-12-17(25)26-5-27-18(12)32/h5-7,9-11,14-16,21-22H,3-4,23H2,1-2H3,(H,36,46)(H2,25,26,27)(H,30,31,34)/t9?,10?,11?,14?,15?,16?,21?,22?,44-,45-/m1/s1. The molecule has 10 atom stereocenters. The average Bonchev–Trinajstić information content (AvgIpc) is 3.75. The van der Waals surface area contributed by atoms with Crippen molar-refractivity contribution in [3.63, 3.8) is 0 Å². The van der Waals surface area contributed by atoms with Gasteiger partial charge in [0.25, 0.3) is 20.6 Å². The lowest BCUT2D eigenvalue weighted by Gasteiger charge is -2.28. The predicted octanol–water partition coefficient (Wildman–Crippen LogP) is 0.594. The number of hydrogen-bond acceptors (Lipinski definition) is 16. The molecule has 3 N–H and O–H groups in total. The van der Waals surface area contributed by atoms with Crippen LogP contribution in [0.4, 0.5) is 10.2 Å². The van der Waals surface area contributed by atoms with E-state index in [0.29, 0.717) is 5.82 Å². The van der Waals surface area contributed by atoms with Crippen LogP contribution in [0.1, 0.15) is 18.3 Å². The summed E-state index contributed by atoms with van der Waals surface area (Å²) in [5, 5.41) is 0. The number of nitrogen functional groups attached to an aromatic ring is 1. The van der Waals surface area contributed by atoms with Crippen LogP contribution in [0.3, 0.4) is 0 Å². The van der Waals surface area contributed by atoms with Crippen molar-refractivity contribution in [3.05, 3.63) is 35.2 Å². The van der Waals surface area contributed by atoms with Gasteiger partial charge in [-0.2, -0.15) is 0 Å². The molecule has 0 amide bonds. The van der Waals surface area contributed by atoms with Crippen molar-refractivity contribution in [1.29, 1.82) is 0 Å². The Labute approximate surface area is 264 Å². The Morgan fingerprint density at radius 1 is 1.02 bits per heavy atom. The number of alkyl halides is 1. The summed E-state index contributed by atoms with van der Waals surface area (Å²) in [5.74, 6) is 0.385. The number of fused-ring (bicyclic) bond motifs is 5. The van der Waals surface area contributed by atoms with Crippen LogP contribution in [0.5, 0.6) is 0 Å². The zero-order valence-corrected chi connectivity index (χ0v) is 27.0. The third-order valence-electron chi connectivity index (χ3n) is 7.75. The fourth-order valence-electron chi connectivity index (χ4n) is 5.73. The topological polar surface area (TPSA) is 232 Å². The number of aromatic nitrogens is 8. The third-order valence-corrected chi connectivity index (χ3v) is 10.6. The fourth-order valence-corrected chi connectivity index (χ4v) is 8.36. The molecular weight excluding hydrogens is 674 g/mol. The monoisotopic (exact) mass is 701 g/mol.